The lowest BCUT2D eigenvalue weighted by atomic mass is 9.96. The van der Waals surface area contributed by atoms with Crippen molar-refractivity contribution < 1.29 is 13.5 Å². The highest BCUT2D eigenvalue weighted by atomic mass is 35.5. The summed E-state index contributed by atoms with van der Waals surface area (Å²) >= 11 is 5.98. The van der Waals surface area contributed by atoms with Crippen LogP contribution in [0, 0.1) is 11.3 Å². The number of benzene rings is 1. The molecule has 0 aliphatic carbocycles. The first-order valence-electron chi connectivity index (χ1n) is 10.3. The Morgan fingerprint density at radius 1 is 1.26 bits per heavy atom. The van der Waals surface area contributed by atoms with Crippen molar-refractivity contribution in [1.29, 1.82) is 5.26 Å². The van der Waals surface area contributed by atoms with Gasteiger partial charge in [-0.05, 0) is 30.7 Å². The topological polar surface area (TPSA) is 114 Å². The van der Waals surface area contributed by atoms with Gasteiger partial charge in [0, 0.05) is 16.6 Å². The molecule has 2 heterocycles. The van der Waals surface area contributed by atoms with Crippen LogP contribution in [0.5, 0.6) is 11.5 Å². The van der Waals surface area contributed by atoms with Gasteiger partial charge in [-0.1, -0.05) is 39.0 Å². The zero-order valence-electron chi connectivity index (χ0n) is 19.4. The highest BCUT2D eigenvalue weighted by molar-refractivity contribution is 6.30. The van der Waals surface area contributed by atoms with Gasteiger partial charge >= 0.3 is 5.92 Å². The van der Waals surface area contributed by atoms with Crippen LogP contribution in [0.15, 0.2) is 52.5 Å². The Labute approximate surface area is 204 Å². The van der Waals surface area contributed by atoms with Crippen LogP contribution in [0.2, 0.25) is 5.02 Å². The van der Waals surface area contributed by atoms with Crippen molar-refractivity contribution in [1.82, 2.24) is 19.5 Å². The summed E-state index contributed by atoms with van der Waals surface area (Å²) in [4.78, 5) is 36.5. The molecular weight excluding hydrogens is 480 g/mol. The van der Waals surface area contributed by atoms with Gasteiger partial charge in [-0.15, -0.1) is 0 Å². The summed E-state index contributed by atoms with van der Waals surface area (Å²) in [5.41, 5.74) is -3.18. The van der Waals surface area contributed by atoms with E-state index < -0.39 is 39.5 Å². The molecule has 182 valence electrons. The zero-order chi connectivity index (χ0) is 26.1. The van der Waals surface area contributed by atoms with E-state index in [2.05, 4.69) is 21.5 Å². The standard InChI is InChI=1S/C24H22ClF2N5O3/c1-13(2)24(26,27)19-18(35-17-7-14(9-28)6-16(25)8-17)21(34)32(12-30-19)11-15-10-29-22(23(3,4)5)31-20(15)33/h6-8,10,12H,1,11H2,2-5H3,(H,29,31,33). The molecule has 1 aromatic carbocycles. The fraction of sp³-hybridized carbons (Fsp3) is 0.292. The van der Waals surface area contributed by atoms with Crippen LogP contribution < -0.4 is 15.9 Å². The predicted molar refractivity (Wildman–Crippen MR) is 126 cm³/mol. The highest BCUT2D eigenvalue weighted by Crippen LogP contribution is 2.38. The highest BCUT2D eigenvalue weighted by Gasteiger charge is 2.39. The average Bonchev–Trinajstić information content (AvgIpc) is 2.76. The Hall–Kier alpha value is -3.84. The molecule has 0 aliphatic rings. The summed E-state index contributed by atoms with van der Waals surface area (Å²) in [6.45, 7) is 9.69. The summed E-state index contributed by atoms with van der Waals surface area (Å²) in [6.07, 6.45) is 2.22. The Balaban J connectivity index is 2.14. The number of ether oxygens (including phenoxy) is 1. The van der Waals surface area contributed by atoms with Gasteiger partial charge in [-0.3, -0.25) is 14.2 Å². The lowest BCUT2D eigenvalue weighted by Gasteiger charge is -2.20. The number of nitrogens with one attached hydrogen (secondary N) is 1. The predicted octanol–water partition coefficient (Wildman–Crippen LogP) is 4.66. The smallest absolute Gasteiger partial charge is 0.314 e. The number of nitrogens with zero attached hydrogens (tertiary/aromatic N) is 4. The van der Waals surface area contributed by atoms with Crippen LogP contribution in [0.1, 0.15) is 50.3 Å². The number of allylic oxidation sites excluding steroid dienone is 1. The molecule has 1 N–H and O–H groups in total. The molecule has 0 unspecified atom stereocenters. The number of aromatic nitrogens is 4. The number of H-pyrrole nitrogens is 1. The Morgan fingerprint density at radius 3 is 2.51 bits per heavy atom. The van der Waals surface area contributed by atoms with Gasteiger partial charge in [0.25, 0.3) is 11.1 Å². The Bertz CT molecular complexity index is 1470. The van der Waals surface area contributed by atoms with Crippen molar-refractivity contribution in [3.63, 3.8) is 0 Å². The second-order valence-corrected chi connectivity index (χ2v) is 9.37. The molecule has 0 bridgehead atoms. The minimum atomic E-state index is -3.70. The van der Waals surface area contributed by atoms with Gasteiger partial charge in [0.05, 0.1) is 30.1 Å². The van der Waals surface area contributed by atoms with E-state index in [1.165, 1.54) is 24.4 Å². The molecule has 8 nitrogen and oxygen atoms in total. The van der Waals surface area contributed by atoms with Crippen LogP contribution >= 0.6 is 11.6 Å². The molecule has 0 spiro atoms. The minimum Gasteiger partial charge on any atom is -0.449 e. The molecule has 0 saturated carbocycles. The molecular formula is C24H22ClF2N5O3. The summed E-state index contributed by atoms with van der Waals surface area (Å²) in [5.74, 6) is -4.15. The third kappa shape index (κ3) is 5.46. The fourth-order valence-corrected chi connectivity index (χ4v) is 3.23. The SMILES string of the molecule is C=C(C)C(F)(F)c1ncn(Cc2cnc(C(C)(C)C)[nH]c2=O)c(=O)c1Oc1cc(Cl)cc(C#N)c1. The number of halogens is 3. The lowest BCUT2D eigenvalue weighted by Crippen LogP contribution is -2.31. The van der Waals surface area contributed by atoms with E-state index in [0.717, 1.165) is 17.8 Å². The van der Waals surface area contributed by atoms with E-state index >= 15 is 0 Å². The molecule has 3 aromatic rings. The number of aromatic amines is 1. The molecule has 0 saturated heterocycles. The maximum absolute atomic E-state index is 14.9. The summed E-state index contributed by atoms with van der Waals surface area (Å²) < 4.78 is 36.3. The fourth-order valence-electron chi connectivity index (χ4n) is 3.00. The van der Waals surface area contributed by atoms with Crippen molar-refractivity contribution in [3.8, 4) is 17.6 Å². The van der Waals surface area contributed by atoms with Crippen molar-refractivity contribution >= 4 is 11.6 Å². The van der Waals surface area contributed by atoms with Crippen molar-refractivity contribution in [2.75, 3.05) is 0 Å². The van der Waals surface area contributed by atoms with Crippen LogP contribution in [0.3, 0.4) is 0 Å². The third-order valence-electron chi connectivity index (χ3n) is 4.97. The van der Waals surface area contributed by atoms with Gasteiger partial charge < -0.3 is 9.72 Å². The maximum Gasteiger partial charge on any atom is 0.314 e. The number of hydrogen-bond donors (Lipinski definition) is 1. The second-order valence-electron chi connectivity index (χ2n) is 8.94. The van der Waals surface area contributed by atoms with Gasteiger partial charge in [0.2, 0.25) is 5.75 Å². The Kier molecular flexibility index (Phi) is 6.94. The minimum absolute atomic E-state index is 0.0986. The van der Waals surface area contributed by atoms with Gasteiger partial charge in [0.15, 0.2) is 5.69 Å². The first kappa shape index (κ1) is 25.8. The van der Waals surface area contributed by atoms with E-state index in [9.17, 15) is 18.4 Å². The molecule has 35 heavy (non-hydrogen) atoms. The van der Waals surface area contributed by atoms with Crippen LogP contribution in [-0.4, -0.2) is 19.5 Å². The molecule has 0 amide bonds. The molecule has 3 rings (SSSR count). The summed E-state index contributed by atoms with van der Waals surface area (Å²) in [7, 11) is 0. The normalized spacial score (nSPS) is 11.7. The third-order valence-corrected chi connectivity index (χ3v) is 5.19. The first-order chi connectivity index (χ1) is 16.2. The summed E-state index contributed by atoms with van der Waals surface area (Å²) in [6, 6.07) is 5.72. The monoisotopic (exact) mass is 501 g/mol. The molecule has 0 aliphatic heterocycles. The van der Waals surface area contributed by atoms with E-state index in [-0.39, 0.29) is 28.4 Å². The van der Waals surface area contributed by atoms with Gasteiger partial charge in [0.1, 0.15) is 11.6 Å². The van der Waals surface area contributed by atoms with Crippen LogP contribution in [0.25, 0.3) is 0 Å². The van der Waals surface area contributed by atoms with E-state index in [1.54, 1.807) is 0 Å². The largest absolute Gasteiger partial charge is 0.449 e. The Morgan fingerprint density at radius 2 is 1.94 bits per heavy atom. The zero-order valence-corrected chi connectivity index (χ0v) is 20.2. The van der Waals surface area contributed by atoms with E-state index in [0.29, 0.717) is 5.82 Å². The average molecular weight is 502 g/mol. The molecule has 11 heteroatoms. The van der Waals surface area contributed by atoms with Crippen molar-refractivity contribution in [2.45, 2.75) is 45.6 Å². The van der Waals surface area contributed by atoms with E-state index in [1.807, 2.05) is 26.8 Å². The molecule has 0 atom stereocenters. The number of hydrogen-bond acceptors (Lipinski definition) is 6. The first-order valence-corrected chi connectivity index (χ1v) is 10.7. The van der Waals surface area contributed by atoms with E-state index in [4.69, 9.17) is 21.6 Å². The van der Waals surface area contributed by atoms with Crippen LogP contribution in [0.4, 0.5) is 8.78 Å². The number of rotatable bonds is 6. The van der Waals surface area contributed by atoms with Crippen LogP contribution in [-0.2, 0) is 17.9 Å². The number of alkyl halides is 2. The van der Waals surface area contributed by atoms with Crippen molar-refractivity contribution in [3.05, 3.63) is 91.3 Å². The van der Waals surface area contributed by atoms with Crippen molar-refractivity contribution in [2.24, 2.45) is 0 Å². The molecule has 2 aromatic heterocycles. The van der Waals surface area contributed by atoms with Gasteiger partial charge in [-0.2, -0.15) is 14.0 Å². The lowest BCUT2D eigenvalue weighted by molar-refractivity contribution is 0.0309. The molecule has 0 radical (unpaired) electrons. The maximum atomic E-state index is 14.9. The quantitative estimate of drug-likeness (QED) is 0.491. The number of nitriles is 1. The summed E-state index contributed by atoms with van der Waals surface area (Å²) in [5, 5.41) is 9.26. The second kappa shape index (κ2) is 9.43. The van der Waals surface area contributed by atoms with Gasteiger partial charge in [-0.25, -0.2) is 9.97 Å². The molecule has 0 fully saturated rings.